The number of rotatable bonds is 6. The first-order valence-corrected chi connectivity index (χ1v) is 5.95. The molecule has 0 bridgehead atoms. The Morgan fingerprint density at radius 2 is 0.731 bits per heavy atom. The maximum Gasteiger partial charge on any atom is 1.00 e. The first kappa shape index (κ1) is 28.3. The molecule has 0 fully saturated rings. The summed E-state index contributed by atoms with van der Waals surface area (Å²) in [5.74, 6) is -41.3. The monoisotopic (exact) mass is 456 g/mol. The molecule has 0 amide bonds. The van der Waals surface area contributed by atoms with E-state index in [0.29, 0.717) is 0 Å². The summed E-state index contributed by atoms with van der Waals surface area (Å²) in [5, 5.41) is -7.25. The van der Waals surface area contributed by atoms with E-state index in [0.717, 1.165) is 0 Å². The summed E-state index contributed by atoms with van der Waals surface area (Å²) in [5.41, 5.74) is 0. The van der Waals surface area contributed by atoms with Crippen molar-refractivity contribution in [2.75, 3.05) is 0 Å². The van der Waals surface area contributed by atoms with Crippen LogP contribution >= 0.6 is 0 Å². The average molecular weight is 456 g/mol. The molecule has 1 unspecified atom stereocenters. The van der Waals surface area contributed by atoms with Gasteiger partial charge in [0.1, 0.15) is 0 Å². The summed E-state index contributed by atoms with van der Waals surface area (Å²) in [6.07, 6.45) is -7.70. The standard InChI is InChI=1S/C7HF15O2S.Na/c8-1(9,2(10,11)4(14,15)6(18,19)20)3(12,13)5(16,17)7(21,22)25(23)24;/h(H,23,24);/q;+1/p-1. The van der Waals surface area contributed by atoms with Gasteiger partial charge >= 0.3 is 70.6 Å². The van der Waals surface area contributed by atoms with Crippen LogP contribution in [0.5, 0.6) is 0 Å². The van der Waals surface area contributed by atoms with Gasteiger partial charge in [-0.3, -0.25) is 4.21 Å². The molecule has 0 saturated heterocycles. The van der Waals surface area contributed by atoms with E-state index < -0.39 is 52.1 Å². The fraction of sp³-hybridized carbons (Fsp3) is 1.00. The van der Waals surface area contributed by atoms with Crippen molar-refractivity contribution in [2.24, 2.45) is 0 Å². The van der Waals surface area contributed by atoms with E-state index in [1.165, 1.54) is 0 Å². The third kappa shape index (κ3) is 3.55. The van der Waals surface area contributed by atoms with E-state index in [1.807, 2.05) is 0 Å². The van der Waals surface area contributed by atoms with Crippen LogP contribution in [0.2, 0.25) is 0 Å². The molecule has 0 aromatic heterocycles. The van der Waals surface area contributed by atoms with Gasteiger partial charge in [-0.25, -0.2) is 0 Å². The largest absolute Gasteiger partial charge is 1.00 e. The number of hydrogen-bond acceptors (Lipinski definition) is 2. The Hall–Kier alpha value is 0.0600. The normalized spacial score (nSPS) is 16.9. The van der Waals surface area contributed by atoms with Crippen LogP contribution in [0.3, 0.4) is 0 Å². The predicted molar refractivity (Wildman–Crippen MR) is 44.7 cm³/mol. The molecule has 2 nitrogen and oxygen atoms in total. The SMILES string of the molecule is O=S([O-])C(F)(F)C(F)(F)C(F)(F)C(F)(F)C(F)(F)C(F)(F)C(F)(F)F.[Na+]. The number of halogens is 15. The van der Waals surface area contributed by atoms with Crippen molar-refractivity contribution in [2.45, 2.75) is 41.0 Å². The molecule has 0 spiro atoms. The summed E-state index contributed by atoms with van der Waals surface area (Å²) in [4.78, 5) is 0. The van der Waals surface area contributed by atoms with Gasteiger partial charge in [-0.2, -0.15) is 65.9 Å². The summed E-state index contributed by atoms with van der Waals surface area (Å²) in [6.45, 7) is 0. The molecule has 19 heteroatoms. The van der Waals surface area contributed by atoms with E-state index in [9.17, 15) is 74.6 Å². The Balaban J connectivity index is 0. The van der Waals surface area contributed by atoms with Crippen molar-refractivity contribution in [1.29, 1.82) is 0 Å². The summed E-state index contributed by atoms with van der Waals surface area (Å²) >= 11 is -5.69. The Kier molecular flexibility index (Phi) is 7.77. The molecular formula is C7F15NaO2S. The van der Waals surface area contributed by atoms with Gasteiger partial charge in [-0.05, 0) is 0 Å². The van der Waals surface area contributed by atoms with Crippen molar-refractivity contribution in [3.63, 3.8) is 0 Å². The van der Waals surface area contributed by atoms with Gasteiger partial charge in [-0.15, -0.1) is 0 Å². The van der Waals surface area contributed by atoms with E-state index >= 15 is 0 Å². The molecule has 0 aliphatic heterocycles. The van der Waals surface area contributed by atoms with Gasteiger partial charge in [0, 0.05) is 11.1 Å². The zero-order chi connectivity index (χ0) is 21.1. The van der Waals surface area contributed by atoms with Crippen LogP contribution in [0.15, 0.2) is 0 Å². The molecule has 26 heavy (non-hydrogen) atoms. The second-order valence-corrected chi connectivity index (χ2v) is 5.10. The molecule has 1 atom stereocenters. The van der Waals surface area contributed by atoms with Crippen LogP contribution in [0.25, 0.3) is 0 Å². The van der Waals surface area contributed by atoms with Crippen LogP contribution in [0.1, 0.15) is 0 Å². The Morgan fingerprint density at radius 1 is 0.500 bits per heavy atom. The van der Waals surface area contributed by atoms with E-state index in [2.05, 4.69) is 0 Å². The van der Waals surface area contributed by atoms with Crippen LogP contribution < -0.4 is 29.6 Å². The average Bonchev–Trinajstić information content (AvgIpc) is 2.35. The van der Waals surface area contributed by atoms with Gasteiger partial charge in [0.2, 0.25) is 0 Å². The van der Waals surface area contributed by atoms with Crippen molar-refractivity contribution >= 4 is 11.1 Å². The Bertz CT molecular complexity index is 541. The smallest absolute Gasteiger partial charge is 0.768 e. The second-order valence-electron chi connectivity index (χ2n) is 4.12. The predicted octanol–water partition coefficient (Wildman–Crippen LogP) is 1.20. The molecule has 0 aromatic carbocycles. The van der Waals surface area contributed by atoms with Crippen LogP contribution in [0, 0.1) is 0 Å². The summed E-state index contributed by atoms with van der Waals surface area (Å²) in [7, 11) is 0. The summed E-state index contributed by atoms with van der Waals surface area (Å²) < 4.78 is 206. The van der Waals surface area contributed by atoms with Crippen molar-refractivity contribution in [3.8, 4) is 0 Å². The van der Waals surface area contributed by atoms with Crippen molar-refractivity contribution in [1.82, 2.24) is 0 Å². The molecule has 0 heterocycles. The quantitative estimate of drug-likeness (QED) is 0.343. The van der Waals surface area contributed by atoms with Gasteiger partial charge in [0.15, 0.2) is 0 Å². The first-order chi connectivity index (χ1) is 10.4. The number of alkyl halides is 15. The second kappa shape index (κ2) is 7.14. The number of hydrogen-bond donors (Lipinski definition) is 0. The maximum absolute atomic E-state index is 12.8. The minimum atomic E-state index is -8.48. The van der Waals surface area contributed by atoms with Gasteiger partial charge in [0.25, 0.3) is 0 Å². The van der Waals surface area contributed by atoms with Crippen molar-refractivity contribution in [3.05, 3.63) is 0 Å². The van der Waals surface area contributed by atoms with Crippen LogP contribution in [-0.4, -0.2) is 49.8 Å². The fourth-order valence-electron chi connectivity index (χ4n) is 1.06. The van der Waals surface area contributed by atoms with E-state index in [1.54, 1.807) is 0 Å². The molecule has 152 valence electrons. The van der Waals surface area contributed by atoms with Crippen molar-refractivity contribution < 1.29 is 104 Å². The minimum Gasteiger partial charge on any atom is -0.768 e. The van der Waals surface area contributed by atoms with Crippen LogP contribution in [-0.2, 0) is 11.1 Å². The fourth-order valence-corrected chi connectivity index (χ4v) is 1.39. The Labute approximate surface area is 156 Å². The molecule has 0 aromatic rings. The topological polar surface area (TPSA) is 40.1 Å². The zero-order valence-corrected chi connectivity index (χ0v) is 14.2. The minimum absolute atomic E-state index is 0. The van der Waals surface area contributed by atoms with E-state index in [4.69, 9.17) is 0 Å². The van der Waals surface area contributed by atoms with Gasteiger partial charge < -0.3 is 4.55 Å². The zero-order valence-electron chi connectivity index (χ0n) is 11.4. The maximum atomic E-state index is 12.8. The van der Waals surface area contributed by atoms with Gasteiger partial charge in [-0.1, -0.05) is 0 Å². The van der Waals surface area contributed by atoms with Crippen LogP contribution in [0.4, 0.5) is 65.9 Å². The third-order valence-electron chi connectivity index (χ3n) is 2.51. The summed E-state index contributed by atoms with van der Waals surface area (Å²) in [6, 6.07) is 0. The van der Waals surface area contributed by atoms with E-state index in [-0.39, 0.29) is 29.6 Å². The molecular weight excluding hydrogens is 456 g/mol. The molecule has 0 saturated carbocycles. The molecule has 0 radical (unpaired) electrons. The molecule has 0 aliphatic carbocycles. The third-order valence-corrected chi connectivity index (χ3v) is 3.18. The molecule has 0 aliphatic rings. The van der Waals surface area contributed by atoms with Gasteiger partial charge in [0.05, 0.1) is 0 Å². The molecule has 0 rings (SSSR count). The molecule has 0 N–H and O–H groups in total. The first-order valence-electron chi connectivity index (χ1n) is 4.87. The Morgan fingerprint density at radius 3 is 0.962 bits per heavy atom.